The Balaban J connectivity index is 1.89. The first kappa shape index (κ1) is 15.8. The largest absolute Gasteiger partial charge is 0.497 e. The molecule has 2 rings (SSSR count). The molecule has 112 valence electrons. The molecule has 2 nitrogen and oxygen atoms in total. The number of ether oxygens (including phenoxy) is 1. The summed E-state index contributed by atoms with van der Waals surface area (Å²) in [6.45, 7) is 2.10. The number of benzene rings is 2. The molecule has 1 N–H and O–H groups in total. The van der Waals surface area contributed by atoms with Crippen LogP contribution < -0.4 is 10.1 Å². The van der Waals surface area contributed by atoms with Crippen molar-refractivity contribution in [2.75, 3.05) is 12.4 Å². The van der Waals surface area contributed by atoms with Crippen molar-refractivity contribution in [3.63, 3.8) is 0 Å². The number of nitrogens with one attached hydrogen (secondary N) is 1. The van der Waals surface area contributed by atoms with Gasteiger partial charge in [0.05, 0.1) is 12.8 Å². The third-order valence-electron chi connectivity index (χ3n) is 3.36. The Labute approximate surface area is 133 Å². The highest BCUT2D eigenvalue weighted by Crippen LogP contribution is 2.24. The maximum Gasteiger partial charge on any atom is 0.125 e. The van der Waals surface area contributed by atoms with Crippen molar-refractivity contribution in [1.82, 2.24) is 0 Å². The van der Waals surface area contributed by atoms with Crippen LogP contribution in [0.4, 0.5) is 10.1 Å². The minimum absolute atomic E-state index is 0.233. The second kappa shape index (κ2) is 7.46. The maximum absolute atomic E-state index is 13.2. The quantitative estimate of drug-likeness (QED) is 0.787. The third-order valence-corrected chi connectivity index (χ3v) is 4.05. The Bertz CT molecular complexity index is 586. The topological polar surface area (TPSA) is 21.3 Å². The van der Waals surface area contributed by atoms with E-state index in [0.29, 0.717) is 0 Å². The van der Waals surface area contributed by atoms with Crippen LogP contribution in [0.2, 0.25) is 0 Å². The summed E-state index contributed by atoms with van der Waals surface area (Å²) < 4.78 is 19.3. The highest BCUT2D eigenvalue weighted by atomic mass is 79.9. The average molecular weight is 352 g/mol. The first-order chi connectivity index (χ1) is 10.1. The number of rotatable bonds is 6. The van der Waals surface area contributed by atoms with Crippen LogP contribution in [0.15, 0.2) is 46.9 Å². The van der Waals surface area contributed by atoms with E-state index < -0.39 is 0 Å². The Morgan fingerprint density at radius 1 is 1.19 bits per heavy atom. The van der Waals surface area contributed by atoms with Gasteiger partial charge in [0, 0.05) is 10.5 Å². The zero-order valence-electron chi connectivity index (χ0n) is 12.2. The lowest BCUT2D eigenvalue weighted by atomic mass is 10.1. The standard InChI is InChI=1S/C17H19BrFNO/c1-12(20-17-11-14(19)7-10-16(17)18)3-4-13-5-8-15(21-2)9-6-13/h5-12,20H,3-4H2,1-2H3. The van der Waals surface area contributed by atoms with Gasteiger partial charge in [-0.2, -0.15) is 0 Å². The van der Waals surface area contributed by atoms with Crippen LogP contribution in [0, 0.1) is 5.82 Å². The molecule has 1 unspecified atom stereocenters. The minimum atomic E-state index is -0.233. The number of hydrogen-bond donors (Lipinski definition) is 1. The van der Waals surface area contributed by atoms with E-state index in [-0.39, 0.29) is 11.9 Å². The maximum atomic E-state index is 13.2. The summed E-state index contributed by atoms with van der Waals surface area (Å²) >= 11 is 3.43. The van der Waals surface area contributed by atoms with Crippen molar-refractivity contribution in [2.45, 2.75) is 25.8 Å². The van der Waals surface area contributed by atoms with E-state index in [1.54, 1.807) is 13.2 Å². The Hall–Kier alpha value is -1.55. The molecular formula is C17H19BrFNO. The van der Waals surface area contributed by atoms with Crippen LogP contribution in [0.3, 0.4) is 0 Å². The van der Waals surface area contributed by atoms with E-state index in [1.165, 1.54) is 17.7 Å². The second-order valence-electron chi connectivity index (χ2n) is 5.06. The highest BCUT2D eigenvalue weighted by Gasteiger charge is 2.07. The summed E-state index contributed by atoms with van der Waals surface area (Å²) in [5, 5.41) is 3.33. The van der Waals surface area contributed by atoms with E-state index in [1.807, 2.05) is 12.1 Å². The number of halogens is 2. The van der Waals surface area contributed by atoms with Crippen molar-refractivity contribution in [1.29, 1.82) is 0 Å². The van der Waals surface area contributed by atoms with Crippen molar-refractivity contribution < 1.29 is 9.13 Å². The Kier molecular flexibility index (Phi) is 5.62. The van der Waals surface area contributed by atoms with Gasteiger partial charge in [-0.05, 0) is 71.6 Å². The summed E-state index contributed by atoms with van der Waals surface area (Å²) in [6, 6.07) is 13.0. The smallest absolute Gasteiger partial charge is 0.125 e. The first-order valence-corrected chi connectivity index (χ1v) is 7.72. The third kappa shape index (κ3) is 4.74. The molecule has 0 aliphatic heterocycles. The summed E-state index contributed by atoms with van der Waals surface area (Å²) in [5.41, 5.74) is 2.06. The van der Waals surface area contributed by atoms with Gasteiger partial charge in [0.25, 0.3) is 0 Å². The van der Waals surface area contributed by atoms with Gasteiger partial charge in [-0.15, -0.1) is 0 Å². The van der Waals surface area contributed by atoms with Crippen LogP contribution in [0.5, 0.6) is 5.75 Å². The van der Waals surface area contributed by atoms with E-state index in [4.69, 9.17) is 4.74 Å². The van der Waals surface area contributed by atoms with Gasteiger partial charge >= 0.3 is 0 Å². The molecule has 0 spiro atoms. The fraction of sp³-hybridized carbons (Fsp3) is 0.294. The summed E-state index contributed by atoms with van der Waals surface area (Å²) in [5.74, 6) is 0.636. The summed E-state index contributed by atoms with van der Waals surface area (Å²) in [4.78, 5) is 0. The second-order valence-corrected chi connectivity index (χ2v) is 5.91. The predicted octanol–water partition coefficient (Wildman–Crippen LogP) is 5.03. The van der Waals surface area contributed by atoms with Gasteiger partial charge in [0.1, 0.15) is 11.6 Å². The molecule has 0 fully saturated rings. The fourth-order valence-corrected chi connectivity index (χ4v) is 2.48. The average Bonchev–Trinajstić information content (AvgIpc) is 2.49. The van der Waals surface area contributed by atoms with Gasteiger partial charge in [-0.25, -0.2) is 4.39 Å². The molecule has 0 aromatic heterocycles. The molecule has 2 aromatic carbocycles. The summed E-state index contributed by atoms with van der Waals surface area (Å²) in [6.07, 6.45) is 1.93. The molecule has 0 radical (unpaired) electrons. The number of hydrogen-bond acceptors (Lipinski definition) is 2. The molecule has 4 heteroatoms. The molecule has 0 bridgehead atoms. The minimum Gasteiger partial charge on any atom is -0.497 e. The van der Waals surface area contributed by atoms with Crippen LogP contribution >= 0.6 is 15.9 Å². The van der Waals surface area contributed by atoms with Crippen molar-refractivity contribution in [2.24, 2.45) is 0 Å². The molecule has 0 heterocycles. The van der Waals surface area contributed by atoms with E-state index >= 15 is 0 Å². The lowest BCUT2D eigenvalue weighted by Gasteiger charge is -2.16. The number of anilines is 1. The van der Waals surface area contributed by atoms with E-state index in [9.17, 15) is 4.39 Å². The molecule has 21 heavy (non-hydrogen) atoms. The van der Waals surface area contributed by atoms with Gasteiger partial charge in [-0.3, -0.25) is 0 Å². The van der Waals surface area contributed by atoms with Crippen molar-refractivity contribution in [3.8, 4) is 5.75 Å². The lowest BCUT2D eigenvalue weighted by Crippen LogP contribution is -2.16. The summed E-state index contributed by atoms with van der Waals surface area (Å²) in [7, 11) is 1.66. The Morgan fingerprint density at radius 3 is 2.57 bits per heavy atom. The van der Waals surface area contributed by atoms with Gasteiger partial charge < -0.3 is 10.1 Å². The van der Waals surface area contributed by atoms with Crippen LogP contribution in [-0.2, 0) is 6.42 Å². The lowest BCUT2D eigenvalue weighted by molar-refractivity contribution is 0.414. The van der Waals surface area contributed by atoms with E-state index in [0.717, 1.165) is 28.8 Å². The molecule has 0 amide bonds. The normalized spacial score (nSPS) is 12.0. The van der Waals surface area contributed by atoms with Crippen LogP contribution in [0.25, 0.3) is 0 Å². The zero-order chi connectivity index (χ0) is 15.2. The predicted molar refractivity (Wildman–Crippen MR) is 88.5 cm³/mol. The van der Waals surface area contributed by atoms with Crippen molar-refractivity contribution in [3.05, 3.63) is 58.3 Å². The zero-order valence-corrected chi connectivity index (χ0v) is 13.8. The van der Waals surface area contributed by atoms with Gasteiger partial charge in [0.2, 0.25) is 0 Å². The Morgan fingerprint density at radius 2 is 1.90 bits per heavy atom. The fourth-order valence-electron chi connectivity index (χ4n) is 2.12. The molecule has 2 aromatic rings. The molecular weight excluding hydrogens is 333 g/mol. The molecule has 0 saturated carbocycles. The molecule has 1 atom stereocenters. The SMILES string of the molecule is COc1ccc(CCC(C)Nc2cc(F)ccc2Br)cc1. The van der Waals surface area contributed by atoms with Crippen molar-refractivity contribution >= 4 is 21.6 Å². The number of aryl methyl sites for hydroxylation is 1. The molecule has 0 aliphatic rings. The molecule has 0 saturated heterocycles. The van der Waals surface area contributed by atoms with Crippen LogP contribution in [0.1, 0.15) is 18.9 Å². The van der Waals surface area contributed by atoms with Gasteiger partial charge in [0.15, 0.2) is 0 Å². The molecule has 0 aliphatic carbocycles. The van der Waals surface area contributed by atoms with Gasteiger partial charge in [-0.1, -0.05) is 12.1 Å². The highest BCUT2D eigenvalue weighted by molar-refractivity contribution is 9.10. The van der Waals surface area contributed by atoms with E-state index in [2.05, 4.69) is 40.3 Å². The monoisotopic (exact) mass is 351 g/mol. The van der Waals surface area contributed by atoms with Crippen LogP contribution in [-0.4, -0.2) is 13.2 Å². The first-order valence-electron chi connectivity index (χ1n) is 6.93. The number of methoxy groups -OCH3 is 1.